The van der Waals surface area contributed by atoms with Crippen molar-refractivity contribution in [1.29, 1.82) is 0 Å². The second-order valence-corrected chi connectivity index (χ2v) is 7.51. The van der Waals surface area contributed by atoms with Crippen molar-refractivity contribution in [3.8, 4) is 11.3 Å². The Morgan fingerprint density at radius 3 is 2.54 bits per heavy atom. The summed E-state index contributed by atoms with van der Waals surface area (Å²) in [5.41, 5.74) is 5.38. The summed E-state index contributed by atoms with van der Waals surface area (Å²) in [6.07, 6.45) is 0. The first-order valence-electron chi connectivity index (χ1n) is 8.91. The van der Waals surface area contributed by atoms with Crippen molar-refractivity contribution < 1.29 is 4.79 Å². The van der Waals surface area contributed by atoms with E-state index in [0.717, 1.165) is 22.5 Å². The van der Waals surface area contributed by atoms with Crippen molar-refractivity contribution in [3.63, 3.8) is 0 Å². The second-order valence-electron chi connectivity index (χ2n) is 6.68. The number of aryl methyl sites for hydroxylation is 2. The van der Waals surface area contributed by atoms with Gasteiger partial charge in [-0.15, -0.1) is 11.3 Å². The van der Waals surface area contributed by atoms with Crippen LogP contribution in [0.3, 0.4) is 0 Å². The van der Waals surface area contributed by atoms with Crippen LogP contribution in [0.5, 0.6) is 0 Å². The van der Waals surface area contributed by atoms with Gasteiger partial charge in [-0.1, -0.05) is 48.0 Å². The number of hydrogen-bond donors (Lipinski definition) is 0. The van der Waals surface area contributed by atoms with Crippen LogP contribution in [0.4, 0.5) is 10.8 Å². The predicted molar refractivity (Wildman–Crippen MR) is 112 cm³/mol. The summed E-state index contributed by atoms with van der Waals surface area (Å²) < 4.78 is 0. The van der Waals surface area contributed by atoms with Gasteiger partial charge in [-0.2, -0.15) is 20.3 Å². The lowest BCUT2D eigenvalue weighted by Gasteiger charge is -2.08. The normalized spacial score (nSPS) is 16.8. The third-order valence-electron chi connectivity index (χ3n) is 4.51. The fourth-order valence-electron chi connectivity index (χ4n) is 2.84. The van der Waals surface area contributed by atoms with Gasteiger partial charge in [-0.3, -0.25) is 4.79 Å². The monoisotopic (exact) mass is 389 g/mol. The van der Waals surface area contributed by atoms with Crippen LogP contribution in [0.1, 0.15) is 18.1 Å². The lowest BCUT2D eigenvalue weighted by molar-refractivity contribution is -0.117. The summed E-state index contributed by atoms with van der Waals surface area (Å²) in [6, 6.07) is 15.1. The first-order chi connectivity index (χ1) is 13.5. The van der Waals surface area contributed by atoms with Gasteiger partial charge in [0.05, 0.1) is 17.1 Å². The molecule has 0 spiro atoms. The van der Waals surface area contributed by atoms with E-state index in [0.29, 0.717) is 10.8 Å². The smallest absolute Gasteiger partial charge is 0.269 e. The standard InChI is InChI=1S/C21H19N5OS/c1-13-8-10-16(11-9-13)18-12-28-21(22-18)26-20(27)19(15(3)25-26)24-23-17-7-5-4-6-14(17)2/h4-12,19H,1-3H3/t19-/m0/s1. The Morgan fingerprint density at radius 1 is 1.04 bits per heavy atom. The zero-order valence-corrected chi connectivity index (χ0v) is 16.6. The number of carbonyl (C=O) groups is 1. The number of benzene rings is 2. The second kappa shape index (κ2) is 7.44. The van der Waals surface area contributed by atoms with Crippen molar-refractivity contribution in [2.24, 2.45) is 15.3 Å². The first kappa shape index (κ1) is 18.2. The molecule has 0 saturated heterocycles. The summed E-state index contributed by atoms with van der Waals surface area (Å²) in [6.45, 7) is 5.79. The maximum Gasteiger partial charge on any atom is 0.282 e. The van der Waals surface area contributed by atoms with Crippen molar-refractivity contribution >= 4 is 33.8 Å². The minimum Gasteiger partial charge on any atom is -0.269 e. The van der Waals surface area contributed by atoms with E-state index in [4.69, 9.17) is 0 Å². The number of hydrogen-bond acceptors (Lipinski definition) is 6. The molecule has 2 aromatic carbocycles. The number of anilines is 1. The Morgan fingerprint density at radius 2 is 1.79 bits per heavy atom. The van der Waals surface area contributed by atoms with Crippen LogP contribution in [-0.4, -0.2) is 22.6 Å². The van der Waals surface area contributed by atoms with Crippen LogP contribution in [0.25, 0.3) is 11.3 Å². The van der Waals surface area contributed by atoms with Gasteiger partial charge < -0.3 is 0 Å². The molecule has 0 unspecified atom stereocenters. The highest BCUT2D eigenvalue weighted by atomic mass is 32.1. The van der Waals surface area contributed by atoms with Crippen LogP contribution in [-0.2, 0) is 4.79 Å². The van der Waals surface area contributed by atoms with E-state index >= 15 is 0 Å². The van der Waals surface area contributed by atoms with Crippen molar-refractivity contribution in [1.82, 2.24) is 4.98 Å². The van der Waals surface area contributed by atoms with Gasteiger partial charge in [0.25, 0.3) is 5.91 Å². The lowest BCUT2D eigenvalue weighted by Crippen LogP contribution is -2.29. The van der Waals surface area contributed by atoms with Gasteiger partial charge in [-0.05, 0) is 32.4 Å². The average Bonchev–Trinajstić information content (AvgIpc) is 3.27. The minimum atomic E-state index is -0.716. The van der Waals surface area contributed by atoms with E-state index in [1.807, 2.05) is 67.8 Å². The van der Waals surface area contributed by atoms with Gasteiger partial charge >= 0.3 is 0 Å². The first-order valence-corrected chi connectivity index (χ1v) is 9.79. The molecule has 0 bridgehead atoms. The van der Waals surface area contributed by atoms with E-state index in [1.54, 1.807) is 6.92 Å². The molecular weight excluding hydrogens is 370 g/mol. The number of nitrogens with zero attached hydrogens (tertiary/aromatic N) is 5. The predicted octanol–water partition coefficient (Wildman–Crippen LogP) is 5.30. The van der Waals surface area contributed by atoms with Gasteiger partial charge in [-0.25, -0.2) is 4.98 Å². The molecule has 140 valence electrons. The number of rotatable bonds is 4. The number of amides is 1. The van der Waals surface area contributed by atoms with E-state index in [1.165, 1.54) is 21.9 Å². The highest BCUT2D eigenvalue weighted by Gasteiger charge is 2.36. The molecule has 0 radical (unpaired) electrons. The van der Waals surface area contributed by atoms with Crippen LogP contribution in [0.2, 0.25) is 0 Å². The summed E-state index contributed by atoms with van der Waals surface area (Å²) in [5.74, 6) is -0.236. The van der Waals surface area contributed by atoms with Gasteiger partial charge in [0, 0.05) is 10.9 Å². The van der Waals surface area contributed by atoms with Crippen molar-refractivity contribution in [2.45, 2.75) is 26.8 Å². The average molecular weight is 389 g/mol. The van der Waals surface area contributed by atoms with Crippen molar-refractivity contribution in [3.05, 3.63) is 65.0 Å². The Balaban J connectivity index is 1.55. The number of aromatic nitrogens is 1. The number of carbonyl (C=O) groups excluding carboxylic acids is 1. The van der Waals surface area contributed by atoms with Crippen LogP contribution in [0.15, 0.2) is 69.2 Å². The quantitative estimate of drug-likeness (QED) is 0.568. The Hall–Kier alpha value is -3.19. The van der Waals surface area contributed by atoms with Crippen LogP contribution < -0.4 is 5.01 Å². The van der Waals surface area contributed by atoms with Crippen LogP contribution in [0, 0.1) is 13.8 Å². The molecule has 0 N–H and O–H groups in total. The van der Waals surface area contributed by atoms with Crippen molar-refractivity contribution in [2.75, 3.05) is 5.01 Å². The molecule has 1 aromatic heterocycles. The summed E-state index contributed by atoms with van der Waals surface area (Å²) in [4.78, 5) is 17.4. The summed E-state index contributed by atoms with van der Waals surface area (Å²) in [5, 5.41) is 16.7. The van der Waals surface area contributed by atoms with Gasteiger partial charge in [0.1, 0.15) is 0 Å². The molecule has 0 aliphatic carbocycles. The fraction of sp³-hybridized carbons (Fsp3) is 0.190. The van der Waals surface area contributed by atoms with E-state index in [2.05, 4.69) is 20.3 Å². The van der Waals surface area contributed by atoms with E-state index in [-0.39, 0.29) is 5.91 Å². The Labute approximate surface area is 167 Å². The molecule has 0 saturated carbocycles. The SMILES string of the molecule is CC1=NN(c2nc(-c3ccc(C)cc3)cs2)C(=O)[C@H]1N=Nc1ccccc1C. The Kier molecular flexibility index (Phi) is 4.83. The summed E-state index contributed by atoms with van der Waals surface area (Å²) in [7, 11) is 0. The Bertz CT molecular complexity index is 1080. The minimum absolute atomic E-state index is 0.236. The lowest BCUT2D eigenvalue weighted by atomic mass is 10.1. The third kappa shape index (κ3) is 3.48. The molecule has 6 nitrogen and oxygen atoms in total. The molecule has 1 amide bonds. The van der Waals surface area contributed by atoms with Gasteiger partial charge in [0.2, 0.25) is 5.13 Å². The molecule has 7 heteroatoms. The molecule has 1 aliphatic heterocycles. The zero-order valence-electron chi connectivity index (χ0n) is 15.8. The number of azo groups is 1. The number of thiazole rings is 1. The molecule has 28 heavy (non-hydrogen) atoms. The highest BCUT2D eigenvalue weighted by Crippen LogP contribution is 2.31. The number of hydrazone groups is 1. The zero-order chi connectivity index (χ0) is 19.7. The maximum absolute atomic E-state index is 12.8. The molecule has 3 aromatic rings. The molecule has 1 aliphatic rings. The van der Waals surface area contributed by atoms with E-state index < -0.39 is 6.04 Å². The molecule has 0 fully saturated rings. The van der Waals surface area contributed by atoms with E-state index in [9.17, 15) is 4.79 Å². The van der Waals surface area contributed by atoms with Gasteiger partial charge in [0.15, 0.2) is 6.04 Å². The fourth-order valence-corrected chi connectivity index (χ4v) is 3.63. The molecule has 4 rings (SSSR count). The highest BCUT2D eigenvalue weighted by molar-refractivity contribution is 7.14. The topological polar surface area (TPSA) is 70.3 Å². The molecule has 1 atom stereocenters. The molecular formula is C21H19N5OS. The van der Waals surface area contributed by atoms with Crippen LogP contribution >= 0.6 is 11.3 Å². The third-order valence-corrected chi connectivity index (χ3v) is 5.33. The maximum atomic E-state index is 12.8. The molecule has 2 heterocycles. The summed E-state index contributed by atoms with van der Waals surface area (Å²) >= 11 is 1.39. The largest absolute Gasteiger partial charge is 0.282 e.